The summed E-state index contributed by atoms with van der Waals surface area (Å²) in [5.41, 5.74) is -0.267. The van der Waals surface area contributed by atoms with E-state index in [0.29, 0.717) is 32.5 Å². The van der Waals surface area contributed by atoms with Gasteiger partial charge in [0, 0.05) is 25.9 Å². The molecule has 21 heavy (non-hydrogen) atoms. The standard InChI is InChI=1S/C16H26O5/c1-4-14(2)9-16(19-7-8-20-16)6-5-13(14)15(11-21-15)10-18-12-17-3/h4,13H,1,5-12H2,2-3H3/t13-,14-,15-/m1/s1. The van der Waals surface area contributed by atoms with Gasteiger partial charge in [0.15, 0.2) is 5.79 Å². The van der Waals surface area contributed by atoms with Gasteiger partial charge in [-0.2, -0.15) is 0 Å². The van der Waals surface area contributed by atoms with E-state index in [1.54, 1.807) is 7.11 Å². The summed E-state index contributed by atoms with van der Waals surface area (Å²) in [7, 11) is 1.63. The zero-order valence-corrected chi connectivity index (χ0v) is 13.1. The Hall–Kier alpha value is -0.460. The van der Waals surface area contributed by atoms with Crippen molar-refractivity contribution in [3.8, 4) is 0 Å². The van der Waals surface area contributed by atoms with E-state index in [9.17, 15) is 0 Å². The van der Waals surface area contributed by atoms with Gasteiger partial charge in [-0.3, -0.25) is 0 Å². The molecule has 2 saturated heterocycles. The Balaban J connectivity index is 1.72. The van der Waals surface area contributed by atoms with Crippen LogP contribution >= 0.6 is 0 Å². The molecule has 1 saturated carbocycles. The van der Waals surface area contributed by atoms with Crippen molar-refractivity contribution in [1.29, 1.82) is 0 Å². The van der Waals surface area contributed by atoms with Gasteiger partial charge in [-0.15, -0.1) is 6.58 Å². The number of epoxide rings is 1. The van der Waals surface area contributed by atoms with Crippen LogP contribution in [0, 0.1) is 11.3 Å². The third-order valence-corrected chi connectivity index (χ3v) is 5.24. The topological polar surface area (TPSA) is 49.5 Å². The minimum Gasteiger partial charge on any atom is -0.367 e. The van der Waals surface area contributed by atoms with Crippen molar-refractivity contribution in [2.45, 2.75) is 37.6 Å². The molecule has 120 valence electrons. The SMILES string of the molecule is C=C[C@]1(C)CC2(CC[C@H]1[C@@]1(COCOC)CO1)OCCO2. The second kappa shape index (κ2) is 5.63. The van der Waals surface area contributed by atoms with Crippen molar-refractivity contribution in [1.82, 2.24) is 0 Å². The van der Waals surface area contributed by atoms with Crippen molar-refractivity contribution in [2.24, 2.45) is 11.3 Å². The number of rotatable bonds is 6. The maximum absolute atomic E-state index is 5.90. The number of hydrogen-bond donors (Lipinski definition) is 0. The average molecular weight is 298 g/mol. The molecule has 1 aliphatic carbocycles. The Morgan fingerprint density at radius 2 is 2.00 bits per heavy atom. The van der Waals surface area contributed by atoms with Gasteiger partial charge in [0.25, 0.3) is 0 Å². The van der Waals surface area contributed by atoms with Crippen LogP contribution in [0.25, 0.3) is 0 Å². The zero-order chi connectivity index (χ0) is 15.0. The number of methoxy groups -OCH3 is 1. The van der Waals surface area contributed by atoms with E-state index in [1.165, 1.54) is 0 Å². The minimum atomic E-state index is -0.414. The maximum Gasteiger partial charge on any atom is 0.169 e. The minimum absolute atomic E-state index is 0.0739. The quantitative estimate of drug-likeness (QED) is 0.325. The van der Waals surface area contributed by atoms with Gasteiger partial charge < -0.3 is 23.7 Å². The van der Waals surface area contributed by atoms with Crippen LogP contribution in [-0.4, -0.2) is 51.7 Å². The summed E-state index contributed by atoms with van der Waals surface area (Å²) >= 11 is 0. The summed E-state index contributed by atoms with van der Waals surface area (Å²) in [4.78, 5) is 0. The highest BCUT2D eigenvalue weighted by Gasteiger charge is 2.61. The van der Waals surface area contributed by atoms with E-state index in [4.69, 9.17) is 23.7 Å². The van der Waals surface area contributed by atoms with Crippen LogP contribution in [-0.2, 0) is 23.7 Å². The van der Waals surface area contributed by atoms with Gasteiger partial charge in [-0.25, -0.2) is 0 Å². The number of ether oxygens (including phenoxy) is 5. The Kier molecular flexibility index (Phi) is 4.14. The molecule has 0 aromatic heterocycles. The van der Waals surface area contributed by atoms with Crippen molar-refractivity contribution in [3.63, 3.8) is 0 Å². The van der Waals surface area contributed by atoms with Crippen molar-refractivity contribution in [3.05, 3.63) is 12.7 Å². The Morgan fingerprint density at radius 1 is 1.29 bits per heavy atom. The molecule has 3 rings (SSSR count). The first-order chi connectivity index (χ1) is 10.1. The molecule has 2 aliphatic heterocycles. The number of allylic oxidation sites excluding steroid dienone is 1. The molecule has 0 radical (unpaired) electrons. The van der Waals surface area contributed by atoms with E-state index in [1.807, 2.05) is 6.08 Å². The second-order valence-electron chi connectivity index (χ2n) is 6.69. The largest absolute Gasteiger partial charge is 0.367 e. The molecule has 5 heteroatoms. The highest BCUT2D eigenvalue weighted by Crippen LogP contribution is 2.57. The highest BCUT2D eigenvalue weighted by atomic mass is 16.7. The molecule has 0 amide bonds. The fourth-order valence-electron chi connectivity index (χ4n) is 4.08. The lowest BCUT2D eigenvalue weighted by molar-refractivity contribution is -0.211. The molecule has 5 nitrogen and oxygen atoms in total. The van der Waals surface area contributed by atoms with Crippen LogP contribution in [0.1, 0.15) is 26.2 Å². The summed E-state index contributed by atoms with van der Waals surface area (Å²) < 4.78 is 28.2. The fourth-order valence-corrected chi connectivity index (χ4v) is 4.08. The first kappa shape index (κ1) is 15.4. The predicted molar refractivity (Wildman–Crippen MR) is 76.8 cm³/mol. The molecule has 0 aromatic carbocycles. The first-order valence-electron chi connectivity index (χ1n) is 7.70. The van der Waals surface area contributed by atoms with Gasteiger partial charge in [-0.05, 0) is 11.8 Å². The average Bonchev–Trinajstić information content (AvgIpc) is 3.12. The highest BCUT2D eigenvalue weighted by molar-refractivity contribution is 5.13. The van der Waals surface area contributed by atoms with E-state index in [0.717, 1.165) is 25.9 Å². The molecule has 0 unspecified atom stereocenters. The molecule has 3 fully saturated rings. The monoisotopic (exact) mass is 298 g/mol. The van der Waals surface area contributed by atoms with Crippen LogP contribution < -0.4 is 0 Å². The summed E-state index contributed by atoms with van der Waals surface area (Å²) in [5.74, 6) is -0.0408. The number of hydrogen-bond acceptors (Lipinski definition) is 5. The fraction of sp³-hybridized carbons (Fsp3) is 0.875. The van der Waals surface area contributed by atoms with Crippen LogP contribution in [0.3, 0.4) is 0 Å². The normalized spacial score (nSPS) is 41.3. The van der Waals surface area contributed by atoms with Gasteiger partial charge in [0.1, 0.15) is 12.4 Å². The molecule has 2 heterocycles. The molecular formula is C16H26O5. The second-order valence-corrected chi connectivity index (χ2v) is 6.69. The van der Waals surface area contributed by atoms with Crippen molar-refractivity contribution in [2.75, 3.05) is 40.3 Å². The Labute approximate surface area is 126 Å². The third kappa shape index (κ3) is 2.78. The lowest BCUT2D eigenvalue weighted by atomic mass is 9.61. The van der Waals surface area contributed by atoms with E-state index < -0.39 is 5.79 Å². The third-order valence-electron chi connectivity index (χ3n) is 5.24. The van der Waals surface area contributed by atoms with Crippen LogP contribution in [0.4, 0.5) is 0 Å². The summed E-state index contributed by atoms with van der Waals surface area (Å²) in [6.07, 6.45) is 4.79. The summed E-state index contributed by atoms with van der Waals surface area (Å²) in [6.45, 7) is 9.31. The maximum atomic E-state index is 5.90. The van der Waals surface area contributed by atoms with Crippen LogP contribution in [0.15, 0.2) is 12.7 Å². The van der Waals surface area contributed by atoms with E-state index in [2.05, 4.69) is 13.5 Å². The predicted octanol–water partition coefficient (Wildman–Crippen LogP) is 2.11. The van der Waals surface area contributed by atoms with Gasteiger partial charge in [-0.1, -0.05) is 13.0 Å². The molecule has 0 aromatic rings. The lowest BCUT2D eigenvalue weighted by Gasteiger charge is -2.48. The van der Waals surface area contributed by atoms with E-state index in [-0.39, 0.29) is 11.0 Å². The first-order valence-corrected chi connectivity index (χ1v) is 7.70. The van der Waals surface area contributed by atoms with Gasteiger partial charge in [0.05, 0.1) is 26.4 Å². The lowest BCUT2D eigenvalue weighted by Crippen LogP contribution is -2.50. The van der Waals surface area contributed by atoms with Crippen molar-refractivity contribution >= 4 is 0 Å². The van der Waals surface area contributed by atoms with Crippen molar-refractivity contribution < 1.29 is 23.7 Å². The molecular weight excluding hydrogens is 272 g/mol. The Morgan fingerprint density at radius 3 is 2.57 bits per heavy atom. The molecule has 0 bridgehead atoms. The van der Waals surface area contributed by atoms with Crippen LogP contribution in [0.2, 0.25) is 0 Å². The summed E-state index contributed by atoms with van der Waals surface area (Å²) in [5, 5.41) is 0. The van der Waals surface area contributed by atoms with Crippen LogP contribution in [0.5, 0.6) is 0 Å². The van der Waals surface area contributed by atoms with Gasteiger partial charge >= 0.3 is 0 Å². The van der Waals surface area contributed by atoms with Gasteiger partial charge in [0.2, 0.25) is 0 Å². The Bertz CT molecular complexity index is 386. The molecule has 3 aliphatic rings. The zero-order valence-electron chi connectivity index (χ0n) is 13.1. The molecule has 1 spiro atoms. The smallest absolute Gasteiger partial charge is 0.169 e. The van der Waals surface area contributed by atoms with E-state index >= 15 is 0 Å². The summed E-state index contributed by atoms with van der Waals surface area (Å²) in [6, 6.07) is 0. The molecule has 3 atom stereocenters. The molecule has 0 N–H and O–H groups in total.